The van der Waals surface area contributed by atoms with Crippen LogP contribution in [0.2, 0.25) is 0 Å². The van der Waals surface area contributed by atoms with Crippen LogP contribution >= 0.6 is 12.2 Å². The minimum absolute atomic E-state index is 0.464. The van der Waals surface area contributed by atoms with Crippen LogP contribution in [0.1, 0.15) is 6.92 Å². The number of nitrogens with one attached hydrogen (secondary N) is 1. The number of aromatic nitrogens is 4. The number of rotatable bonds is 4. The Hall–Kier alpha value is -2.41. The Balaban J connectivity index is 2.23. The minimum Gasteiger partial charge on any atom is -0.494 e. The number of fused-ring (bicyclic) bond motifs is 1. The topological polar surface area (TPSA) is 65.0 Å². The van der Waals surface area contributed by atoms with E-state index in [1.165, 1.54) is 6.33 Å². The third kappa shape index (κ3) is 2.36. The number of hydrogen-bond donors (Lipinski definition) is 1. The molecular weight excluding hydrogens is 288 g/mol. The van der Waals surface area contributed by atoms with E-state index in [9.17, 15) is 0 Å². The van der Waals surface area contributed by atoms with Gasteiger partial charge in [-0.05, 0) is 31.3 Å². The van der Waals surface area contributed by atoms with E-state index in [1.54, 1.807) is 7.11 Å². The molecule has 0 saturated carbocycles. The van der Waals surface area contributed by atoms with Crippen LogP contribution in [-0.4, -0.2) is 33.2 Å². The molecule has 0 saturated heterocycles. The highest BCUT2D eigenvalue weighted by molar-refractivity contribution is 7.71. The van der Waals surface area contributed by atoms with Crippen molar-refractivity contribution >= 4 is 23.4 Å². The molecule has 0 aliphatic heterocycles. The highest BCUT2D eigenvalue weighted by Gasteiger charge is 2.13. The predicted octanol–water partition coefficient (Wildman–Crippen LogP) is 2.89. The fourth-order valence-electron chi connectivity index (χ4n) is 2.17. The van der Waals surface area contributed by atoms with E-state index >= 15 is 0 Å². The van der Waals surface area contributed by atoms with Crippen LogP contribution in [-0.2, 0) is 0 Å². The van der Waals surface area contributed by atoms with Crippen LogP contribution < -0.4 is 9.47 Å². The summed E-state index contributed by atoms with van der Waals surface area (Å²) in [6, 6.07) is 7.68. The molecule has 0 aliphatic rings. The molecule has 0 unspecified atom stereocenters. The van der Waals surface area contributed by atoms with Crippen molar-refractivity contribution in [2.24, 2.45) is 0 Å². The van der Waals surface area contributed by atoms with Gasteiger partial charge in [0.15, 0.2) is 10.4 Å². The number of imidazole rings is 1. The summed E-state index contributed by atoms with van der Waals surface area (Å²) < 4.78 is 13.1. The SMILES string of the molecule is CCOc1cccc(-n2c(=S)[nH]c3c(OC)ncnc32)c1. The monoisotopic (exact) mass is 302 g/mol. The fourth-order valence-corrected chi connectivity index (χ4v) is 2.47. The Bertz CT molecular complexity index is 840. The minimum atomic E-state index is 0.464. The summed E-state index contributed by atoms with van der Waals surface area (Å²) >= 11 is 5.39. The van der Waals surface area contributed by atoms with E-state index in [2.05, 4.69) is 15.0 Å². The summed E-state index contributed by atoms with van der Waals surface area (Å²) in [6.07, 6.45) is 1.45. The maximum absolute atomic E-state index is 5.53. The van der Waals surface area contributed by atoms with Crippen molar-refractivity contribution in [1.82, 2.24) is 19.5 Å². The zero-order valence-electron chi connectivity index (χ0n) is 11.7. The van der Waals surface area contributed by atoms with Gasteiger partial charge in [0.05, 0.1) is 19.4 Å². The zero-order valence-corrected chi connectivity index (χ0v) is 12.5. The molecule has 0 spiro atoms. The molecular formula is C14H14N4O2S. The fraction of sp³-hybridized carbons (Fsp3) is 0.214. The average Bonchev–Trinajstić information content (AvgIpc) is 2.83. The van der Waals surface area contributed by atoms with Crippen molar-refractivity contribution in [2.45, 2.75) is 6.92 Å². The maximum atomic E-state index is 5.53. The Morgan fingerprint density at radius 2 is 2.19 bits per heavy atom. The molecule has 6 nitrogen and oxygen atoms in total. The first-order valence-corrected chi connectivity index (χ1v) is 6.88. The lowest BCUT2D eigenvalue weighted by atomic mass is 10.3. The van der Waals surface area contributed by atoms with E-state index in [4.69, 9.17) is 21.7 Å². The largest absolute Gasteiger partial charge is 0.494 e. The quantitative estimate of drug-likeness (QED) is 0.751. The molecule has 2 heterocycles. The third-order valence-corrected chi connectivity index (χ3v) is 3.30. The highest BCUT2D eigenvalue weighted by atomic mass is 32.1. The van der Waals surface area contributed by atoms with Gasteiger partial charge in [-0.25, -0.2) is 4.98 Å². The van der Waals surface area contributed by atoms with Gasteiger partial charge < -0.3 is 14.5 Å². The van der Waals surface area contributed by atoms with Crippen molar-refractivity contribution < 1.29 is 9.47 Å². The van der Waals surface area contributed by atoms with Gasteiger partial charge in [-0.3, -0.25) is 4.57 Å². The number of aromatic amines is 1. The molecule has 3 rings (SSSR count). The van der Waals surface area contributed by atoms with E-state index in [0.717, 1.165) is 11.4 Å². The molecule has 2 aromatic heterocycles. The van der Waals surface area contributed by atoms with Gasteiger partial charge in [-0.2, -0.15) is 4.98 Å². The summed E-state index contributed by atoms with van der Waals surface area (Å²) in [5.74, 6) is 1.25. The van der Waals surface area contributed by atoms with Crippen LogP contribution in [0.5, 0.6) is 11.6 Å². The summed E-state index contributed by atoms with van der Waals surface area (Å²) in [4.78, 5) is 11.5. The first-order valence-electron chi connectivity index (χ1n) is 6.47. The normalized spacial score (nSPS) is 10.8. The maximum Gasteiger partial charge on any atom is 0.242 e. The second-order valence-corrected chi connectivity index (χ2v) is 4.66. The Kier molecular flexibility index (Phi) is 3.57. The lowest BCUT2D eigenvalue weighted by Crippen LogP contribution is -1.98. The molecule has 0 amide bonds. The van der Waals surface area contributed by atoms with Crippen LogP contribution in [0.15, 0.2) is 30.6 Å². The second kappa shape index (κ2) is 5.53. The van der Waals surface area contributed by atoms with Crippen molar-refractivity contribution in [3.05, 3.63) is 35.4 Å². The Morgan fingerprint density at radius 3 is 2.95 bits per heavy atom. The van der Waals surface area contributed by atoms with E-state index in [-0.39, 0.29) is 0 Å². The molecule has 108 valence electrons. The van der Waals surface area contributed by atoms with Crippen molar-refractivity contribution in [3.8, 4) is 17.3 Å². The Morgan fingerprint density at radius 1 is 1.33 bits per heavy atom. The molecule has 0 radical (unpaired) electrons. The van der Waals surface area contributed by atoms with Gasteiger partial charge in [0.2, 0.25) is 5.88 Å². The third-order valence-electron chi connectivity index (χ3n) is 3.02. The highest BCUT2D eigenvalue weighted by Crippen LogP contribution is 2.25. The summed E-state index contributed by atoms with van der Waals surface area (Å²) in [6.45, 7) is 2.56. The number of methoxy groups -OCH3 is 1. The van der Waals surface area contributed by atoms with Gasteiger partial charge in [-0.1, -0.05) is 6.07 Å². The molecule has 3 aromatic rings. The molecule has 1 N–H and O–H groups in total. The standard InChI is InChI=1S/C14H14N4O2S/c1-3-20-10-6-4-5-9(7-10)18-12-11(17-14(18)21)13(19-2)16-8-15-12/h4-8H,3H2,1-2H3,(H,17,21). The lowest BCUT2D eigenvalue weighted by molar-refractivity contribution is 0.340. The number of hydrogen-bond acceptors (Lipinski definition) is 5. The van der Waals surface area contributed by atoms with Gasteiger partial charge in [0.25, 0.3) is 0 Å². The van der Waals surface area contributed by atoms with E-state index < -0.39 is 0 Å². The molecule has 0 atom stereocenters. The Labute approximate surface area is 126 Å². The molecule has 0 aliphatic carbocycles. The van der Waals surface area contributed by atoms with Crippen molar-refractivity contribution in [3.63, 3.8) is 0 Å². The number of ether oxygens (including phenoxy) is 2. The van der Waals surface area contributed by atoms with Gasteiger partial charge >= 0.3 is 0 Å². The summed E-state index contributed by atoms with van der Waals surface area (Å²) in [7, 11) is 1.56. The van der Waals surface area contributed by atoms with Gasteiger partial charge in [0.1, 0.15) is 17.6 Å². The number of H-pyrrole nitrogens is 1. The van der Waals surface area contributed by atoms with Crippen LogP contribution in [0.25, 0.3) is 16.9 Å². The molecule has 21 heavy (non-hydrogen) atoms. The van der Waals surface area contributed by atoms with Crippen molar-refractivity contribution in [2.75, 3.05) is 13.7 Å². The zero-order chi connectivity index (χ0) is 14.8. The summed E-state index contributed by atoms with van der Waals surface area (Å²) in [5.41, 5.74) is 2.21. The first kappa shape index (κ1) is 13.6. The molecule has 1 aromatic carbocycles. The first-order chi connectivity index (χ1) is 10.2. The smallest absolute Gasteiger partial charge is 0.242 e. The average molecular weight is 302 g/mol. The van der Waals surface area contributed by atoms with Crippen LogP contribution in [0.3, 0.4) is 0 Å². The predicted molar refractivity (Wildman–Crippen MR) is 81.8 cm³/mol. The van der Waals surface area contributed by atoms with Crippen molar-refractivity contribution in [1.29, 1.82) is 0 Å². The second-order valence-electron chi connectivity index (χ2n) is 4.28. The van der Waals surface area contributed by atoms with Gasteiger partial charge in [-0.15, -0.1) is 0 Å². The summed E-state index contributed by atoms with van der Waals surface area (Å²) in [5, 5.41) is 0. The lowest BCUT2D eigenvalue weighted by Gasteiger charge is -2.07. The molecule has 0 fully saturated rings. The molecule has 0 bridgehead atoms. The number of nitrogens with zero attached hydrogens (tertiary/aromatic N) is 3. The van der Waals surface area contributed by atoms with Crippen LogP contribution in [0, 0.1) is 4.77 Å². The van der Waals surface area contributed by atoms with E-state index in [0.29, 0.717) is 28.4 Å². The van der Waals surface area contributed by atoms with Crippen LogP contribution in [0.4, 0.5) is 0 Å². The molecule has 7 heteroatoms. The number of benzene rings is 1. The van der Waals surface area contributed by atoms with E-state index in [1.807, 2.05) is 35.8 Å². The van der Waals surface area contributed by atoms with Gasteiger partial charge in [0, 0.05) is 6.07 Å².